The van der Waals surface area contributed by atoms with E-state index in [9.17, 15) is 4.79 Å². The van der Waals surface area contributed by atoms with Gasteiger partial charge in [0.2, 0.25) is 5.91 Å². The molecule has 3 rings (SSSR count). The fraction of sp³-hybridized carbons (Fsp3) is 0.375. The summed E-state index contributed by atoms with van der Waals surface area (Å²) >= 11 is 1.65. The van der Waals surface area contributed by atoms with Crippen LogP contribution in [0.4, 0.5) is 0 Å². The first-order chi connectivity index (χ1) is 14.1. The van der Waals surface area contributed by atoms with Gasteiger partial charge in [-0.2, -0.15) is 0 Å². The number of nitrogens with zero attached hydrogens (tertiary/aromatic N) is 3. The summed E-state index contributed by atoms with van der Waals surface area (Å²) in [5.74, 6) is 1.51. The van der Waals surface area contributed by atoms with Crippen molar-refractivity contribution in [1.82, 2.24) is 20.1 Å². The highest BCUT2D eigenvalue weighted by Crippen LogP contribution is 2.28. The first kappa shape index (κ1) is 22.1. The summed E-state index contributed by atoms with van der Waals surface area (Å²) in [7, 11) is 0. The van der Waals surface area contributed by atoms with E-state index in [0.717, 1.165) is 22.4 Å². The third-order valence-electron chi connectivity index (χ3n) is 4.82. The molecule has 6 heteroatoms. The maximum atomic E-state index is 12.5. The lowest BCUT2D eigenvalue weighted by atomic mass is 9.95. The number of aryl methyl sites for hydroxylation is 2. The van der Waals surface area contributed by atoms with Crippen LogP contribution in [0.3, 0.4) is 0 Å². The Labute approximate surface area is 183 Å². The number of benzene rings is 2. The van der Waals surface area contributed by atoms with E-state index in [1.807, 2.05) is 32.3 Å². The SMILES string of the molecule is Cc1ccc(-n2c(SCc3cccc(C)c3)nnc2[C@H](C)NC(=O)C(C)(C)C)cc1. The van der Waals surface area contributed by atoms with Crippen molar-refractivity contribution in [2.24, 2.45) is 5.41 Å². The number of hydrogen-bond acceptors (Lipinski definition) is 4. The van der Waals surface area contributed by atoms with Crippen LogP contribution in [-0.4, -0.2) is 20.7 Å². The van der Waals surface area contributed by atoms with E-state index in [2.05, 4.69) is 77.9 Å². The lowest BCUT2D eigenvalue weighted by Crippen LogP contribution is -2.37. The molecular formula is C24H30N4OS. The molecule has 1 aromatic heterocycles. The molecule has 2 aromatic carbocycles. The smallest absolute Gasteiger partial charge is 0.225 e. The molecule has 0 aliphatic carbocycles. The molecule has 1 N–H and O–H groups in total. The predicted octanol–water partition coefficient (Wildman–Crippen LogP) is 5.40. The second-order valence-corrected chi connectivity index (χ2v) is 9.68. The van der Waals surface area contributed by atoms with Crippen molar-refractivity contribution in [3.8, 4) is 5.69 Å². The molecule has 0 radical (unpaired) electrons. The first-order valence-electron chi connectivity index (χ1n) is 10.2. The number of rotatable bonds is 6. The molecular weight excluding hydrogens is 392 g/mol. The van der Waals surface area contributed by atoms with E-state index in [1.165, 1.54) is 16.7 Å². The van der Waals surface area contributed by atoms with E-state index in [0.29, 0.717) is 0 Å². The molecule has 0 bridgehead atoms. The van der Waals surface area contributed by atoms with Gasteiger partial charge in [-0.3, -0.25) is 9.36 Å². The lowest BCUT2D eigenvalue weighted by Gasteiger charge is -2.22. The Bertz CT molecular complexity index is 1020. The third-order valence-corrected chi connectivity index (χ3v) is 5.82. The molecule has 0 aliphatic rings. The Balaban J connectivity index is 1.92. The lowest BCUT2D eigenvalue weighted by molar-refractivity contribution is -0.129. The fourth-order valence-corrected chi connectivity index (χ4v) is 3.92. The molecule has 3 aromatic rings. The van der Waals surface area contributed by atoms with Crippen LogP contribution in [0.5, 0.6) is 0 Å². The van der Waals surface area contributed by atoms with Crippen LogP contribution in [0.15, 0.2) is 53.7 Å². The standard InChI is InChI=1S/C24H30N4OS/c1-16-10-12-20(13-11-16)28-21(18(3)25-22(29)24(4,5)6)26-27-23(28)30-15-19-9-7-8-17(2)14-19/h7-14,18H,15H2,1-6H3,(H,25,29)/t18-/m0/s1. The fourth-order valence-electron chi connectivity index (χ4n) is 3.02. The number of aromatic nitrogens is 3. The second kappa shape index (κ2) is 9.04. The number of amides is 1. The first-order valence-corrected chi connectivity index (χ1v) is 11.2. The number of thioether (sulfide) groups is 1. The van der Waals surface area contributed by atoms with Gasteiger partial charge in [0.05, 0.1) is 6.04 Å². The average Bonchev–Trinajstić information content (AvgIpc) is 3.10. The maximum Gasteiger partial charge on any atom is 0.225 e. The second-order valence-electron chi connectivity index (χ2n) is 8.73. The highest BCUT2D eigenvalue weighted by Gasteiger charge is 2.26. The largest absolute Gasteiger partial charge is 0.346 e. The van der Waals surface area contributed by atoms with Gasteiger partial charge in [0, 0.05) is 16.9 Å². The van der Waals surface area contributed by atoms with Crippen LogP contribution in [0.2, 0.25) is 0 Å². The number of carbonyl (C=O) groups excluding carboxylic acids is 1. The topological polar surface area (TPSA) is 59.8 Å². The summed E-state index contributed by atoms with van der Waals surface area (Å²) in [5.41, 5.74) is 4.20. The van der Waals surface area contributed by atoms with E-state index in [-0.39, 0.29) is 11.9 Å². The highest BCUT2D eigenvalue weighted by molar-refractivity contribution is 7.98. The van der Waals surface area contributed by atoms with Gasteiger partial charge in [-0.1, -0.05) is 80.1 Å². The van der Waals surface area contributed by atoms with Gasteiger partial charge in [-0.05, 0) is 38.5 Å². The zero-order valence-electron chi connectivity index (χ0n) is 18.6. The number of nitrogens with one attached hydrogen (secondary N) is 1. The van der Waals surface area contributed by atoms with Crippen molar-refractivity contribution in [2.45, 2.75) is 58.5 Å². The quantitative estimate of drug-likeness (QED) is 0.540. The normalized spacial score (nSPS) is 12.6. The Hall–Kier alpha value is -2.60. The molecule has 0 aliphatic heterocycles. The minimum absolute atomic E-state index is 0.0116. The summed E-state index contributed by atoms with van der Waals surface area (Å²) in [6, 6.07) is 16.5. The number of hydrogen-bond donors (Lipinski definition) is 1. The monoisotopic (exact) mass is 422 g/mol. The molecule has 0 unspecified atom stereocenters. The minimum atomic E-state index is -0.467. The van der Waals surface area contributed by atoms with Crippen LogP contribution in [0.25, 0.3) is 5.69 Å². The molecule has 0 fully saturated rings. The Kier molecular flexibility index (Phi) is 6.66. The predicted molar refractivity (Wildman–Crippen MR) is 123 cm³/mol. The van der Waals surface area contributed by atoms with Crippen molar-refractivity contribution in [1.29, 1.82) is 0 Å². The molecule has 5 nitrogen and oxygen atoms in total. The molecule has 1 amide bonds. The van der Waals surface area contributed by atoms with Gasteiger partial charge >= 0.3 is 0 Å². The summed E-state index contributed by atoms with van der Waals surface area (Å²) in [5, 5.41) is 12.8. The zero-order valence-corrected chi connectivity index (χ0v) is 19.4. The van der Waals surface area contributed by atoms with Gasteiger partial charge in [0.25, 0.3) is 0 Å². The molecule has 0 saturated carbocycles. The molecule has 0 saturated heterocycles. The summed E-state index contributed by atoms with van der Waals surface area (Å²) < 4.78 is 2.05. The highest BCUT2D eigenvalue weighted by atomic mass is 32.2. The van der Waals surface area contributed by atoms with E-state index < -0.39 is 5.41 Å². The minimum Gasteiger partial charge on any atom is -0.346 e. The Morgan fingerprint density at radius 2 is 1.77 bits per heavy atom. The van der Waals surface area contributed by atoms with Crippen molar-refractivity contribution >= 4 is 17.7 Å². The number of carbonyl (C=O) groups is 1. The van der Waals surface area contributed by atoms with Gasteiger partial charge in [-0.25, -0.2) is 0 Å². The van der Waals surface area contributed by atoms with Gasteiger partial charge < -0.3 is 5.32 Å². The van der Waals surface area contributed by atoms with Crippen LogP contribution in [-0.2, 0) is 10.5 Å². The van der Waals surface area contributed by atoms with Crippen LogP contribution in [0.1, 0.15) is 56.3 Å². The summed E-state index contributed by atoms with van der Waals surface area (Å²) in [6.07, 6.45) is 0. The molecule has 30 heavy (non-hydrogen) atoms. The summed E-state index contributed by atoms with van der Waals surface area (Å²) in [6.45, 7) is 11.8. The Morgan fingerprint density at radius 3 is 2.40 bits per heavy atom. The maximum absolute atomic E-state index is 12.5. The van der Waals surface area contributed by atoms with Gasteiger partial charge in [-0.15, -0.1) is 10.2 Å². The van der Waals surface area contributed by atoms with Crippen LogP contribution < -0.4 is 5.32 Å². The van der Waals surface area contributed by atoms with Crippen molar-refractivity contribution < 1.29 is 4.79 Å². The zero-order chi connectivity index (χ0) is 21.9. The molecule has 1 heterocycles. The van der Waals surface area contributed by atoms with E-state index in [1.54, 1.807) is 11.8 Å². The van der Waals surface area contributed by atoms with Crippen molar-refractivity contribution in [3.05, 3.63) is 71.0 Å². The molecule has 0 spiro atoms. The van der Waals surface area contributed by atoms with Gasteiger partial charge in [0.15, 0.2) is 11.0 Å². The van der Waals surface area contributed by atoms with E-state index >= 15 is 0 Å². The Morgan fingerprint density at radius 1 is 1.07 bits per heavy atom. The van der Waals surface area contributed by atoms with E-state index in [4.69, 9.17) is 0 Å². The van der Waals surface area contributed by atoms with Gasteiger partial charge in [0.1, 0.15) is 0 Å². The third kappa shape index (κ3) is 5.30. The van der Waals surface area contributed by atoms with Crippen molar-refractivity contribution in [3.63, 3.8) is 0 Å². The molecule has 1 atom stereocenters. The van der Waals surface area contributed by atoms with Crippen LogP contribution >= 0.6 is 11.8 Å². The molecule has 158 valence electrons. The average molecular weight is 423 g/mol. The van der Waals surface area contributed by atoms with Crippen LogP contribution in [0, 0.1) is 19.3 Å². The summed E-state index contributed by atoms with van der Waals surface area (Å²) in [4.78, 5) is 12.5. The van der Waals surface area contributed by atoms with Crippen molar-refractivity contribution in [2.75, 3.05) is 0 Å².